The third kappa shape index (κ3) is 36.9. The molecule has 66 heavy (non-hydrogen) atoms. The topological polar surface area (TPSA) is 135 Å². The number of hydrogen-bond acceptors (Lipinski definition) is 9. The van der Waals surface area contributed by atoms with Gasteiger partial charge < -0.3 is 39.4 Å². The maximum absolute atomic E-state index is 12.8. The minimum atomic E-state index is -1.55. The Morgan fingerprint density at radius 2 is 0.879 bits per heavy atom. The van der Waals surface area contributed by atoms with Gasteiger partial charge in [0.1, 0.15) is 30.5 Å². The van der Waals surface area contributed by atoms with Crippen LogP contribution < -0.4 is 0 Å². The minimum Gasteiger partial charge on any atom is -0.457 e. The number of aliphatic hydroxyl groups excluding tert-OH is 4. The molecule has 9 heteroatoms. The lowest BCUT2D eigenvalue weighted by Crippen LogP contribution is -2.59. The highest BCUT2D eigenvalue weighted by Crippen LogP contribution is 2.22. The summed E-state index contributed by atoms with van der Waals surface area (Å²) in [6.45, 7) is 4.27. The second-order valence-electron chi connectivity index (χ2n) is 17.2. The highest BCUT2D eigenvalue weighted by Gasteiger charge is 2.44. The van der Waals surface area contributed by atoms with Crippen molar-refractivity contribution in [2.24, 2.45) is 0 Å². The second-order valence-corrected chi connectivity index (χ2v) is 17.2. The first-order valence-corrected chi connectivity index (χ1v) is 26.0. The summed E-state index contributed by atoms with van der Waals surface area (Å²) in [4.78, 5) is 12.8. The van der Waals surface area contributed by atoms with Crippen LogP contribution in [-0.2, 0) is 23.7 Å². The second kappa shape index (κ2) is 46.9. The van der Waals surface area contributed by atoms with Crippen molar-refractivity contribution >= 4 is 5.97 Å². The number of carbonyl (C=O) groups excluding carboxylic acids is 1. The first-order valence-electron chi connectivity index (χ1n) is 26.0. The number of esters is 1. The van der Waals surface area contributed by atoms with E-state index in [0.29, 0.717) is 13.0 Å². The van der Waals surface area contributed by atoms with Gasteiger partial charge in [0.15, 0.2) is 6.29 Å². The van der Waals surface area contributed by atoms with Crippen molar-refractivity contribution in [2.45, 2.75) is 218 Å². The van der Waals surface area contributed by atoms with E-state index in [1.807, 2.05) is 0 Å². The van der Waals surface area contributed by atoms with E-state index in [2.05, 4.69) is 123 Å². The normalized spacial score (nSPS) is 20.2. The lowest BCUT2D eigenvalue weighted by atomic mass is 9.99. The van der Waals surface area contributed by atoms with Crippen molar-refractivity contribution < 1.29 is 44.2 Å². The highest BCUT2D eigenvalue weighted by molar-refractivity contribution is 5.69. The summed E-state index contributed by atoms with van der Waals surface area (Å²) in [6.07, 6.45) is 59.8. The van der Waals surface area contributed by atoms with Crippen molar-refractivity contribution in [2.75, 3.05) is 26.4 Å². The lowest BCUT2D eigenvalue weighted by molar-refractivity contribution is -0.305. The van der Waals surface area contributed by atoms with E-state index in [0.717, 1.165) is 96.3 Å². The molecule has 0 bridgehead atoms. The van der Waals surface area contributed by atoms with Gasteiger partial charge in [0.25, 0.3) is 0 Å². The number of carbonyl (C=O) groups is 1. The van der Waals surface area contributed by atoms with Gasteiger partial charge in [0.05, 0.1) is 19.8 Å². The van der Waals surface area contributed by atoms with E-state index in [9.17, 15) is 25.2 Å². The van der Waals surface area contributed by atoms with Crippen LogP contribution in [0, 0.1) is 0 Å². The smallest absolute Gasteiger partial charge is 0.306 e. The number of ether oxygens (including phenoxy) is 4. The Morgan fingerprint density at radius 3 is 1.32 bits per heavy atom. The number of aliphatic hydroxyl groups is 4. The first kappa shape index (κ1) is 60.9. The van der Waals surface area contributed by atoms with Gasteiger partial charge in [-0.3, -0.25) is 4.79 Å². The van der Waals surface area contributed by atoms with Crippen LogP contribution in [0.2, 0.25) is 0 Å². The molecule has 1 fully saturated rings. The standard InChI is InChI=1S/C57H94O9/c1-3-5-7-9-11-13-15-17-19-21-23-24-25-26-27-29-31-33-35-37-39-41-43-45-47-63-49-51(50-64-57-56(62)55(61)54(60)52(48-58)66-57)65-53(59)46-44-42-40-38-36-34-32-30-28-22-20-18-16-14-12-10-8-6-4-2/h5-8,11-14,17-20,23-24,28,30,34,36,51-52,54-58,60-62H,3-4,9-10,15-16,21-22,25-27,29,31-33,35,37-50H2,1-2H3/b7-5-,8-6-,13-11-,14-12-,19-17-,20-18-,24-23-,30-28-,36-34-. The zero-order chi connectivity index (χ0) is 47.8. The third-order valence-electron chi connectivity index (χ3n) is 11.2. The van der Waals surface area contributed by atoms with E-state index >= 15 is 0 Å². The molecule has 4 N–H and O–H groups in total. The van der Waals surface area contributed by atoms with Crippen molar-refractivity contribution in [3.8, 4) is 0 Å². The fourth-order valence-electron chi connectivity index (χ4n) is 7.21. The molecular weight excluding hydrogens is 829 g/mol. The fourth-order valence-corrected chi connectivity index (χ4v) is 7.21. The van der Waals surface area contributed by atoms with Gasteiger partial charge >= 0.3 is 5.97 Å². The van der Waals surface area contributed by atoms with Crippen molar-refractivity contribution in [1.29, 1.82) is 0 Å². The molecule has 0 aromatic heterocycles. The van der Waals surface area contributed by atoms with Crippen LogP contribution in [0.4, 0.5) is 0 Å². The van der Waals surface area contributed by atoms with Gasteiger partial charge in [-0.05, 0) is 96.3 Å². The molecule has 0 radical (unpaired) electrons. The Labute approximate surface area is 402 Å². The van der Waals surface area contributed by atoms with Crippen LogP contribution in [0.1, 0.15) is 181 Å². The minimum absolute atomic E-state index is 0.122. The summed E-state index contributed by atoms with van der Waals surface area (Å²) >= 11 is 0. The molecule has 1 aliphatic heterocycles. The summed E-state index contributed by atoms with van der Waals surface area (Å²) < 4.78 is 22.9. The quantitative estimate of drug-likeness (QED) is 0.0268. The van der Waals surface area contributed by atoms with Crippen LogP contribution in [-0.4, -0.2) is 89.6 Å². The zero-order valence-corrected chi connectivity index (χ0v) is 41.4. The molecule has 0 spiro atoms. The molecule has 0 aromatic carbocycles. The molecule has 6 atom stereocenters. The first-order chi connectivity index (χ1) is 32.4. The lowest BCUT2D eigenvalue weighted by Gasteiger charge is -2.39. The highest BCUT2D eigenvalue weighted by atomic mass is 16.7. The molecule has 6 unspecified atom stereocenters. The van der Waals surface area contributed by atoms with E-state index in [-0.39, 0.29) is 25.6 Å². The number of allylic oxidation sites excluding steroid dienone is 18. The summed E-state index contributed by atoms with van der Waals surface area (Å²) in [5.41, 5.74) is 0. The Bertz CT molecular complexity index is 1370. The maximum Gasteiger partial charge on any atom is 0.306 e. The van der Waals surface area contributed by atoms with Crippen LogP contribution in [0.25, 0.3) is 0 Å². The van der Waals surface area contributed by atoms with Crippen molar-refractivity contribution in [1.82, 2.24) is 0 Å². The van der Waals surface area contributed by atoms with E-state index in [1.165, 1.54) is 57.8 Å². The molecule has 0 aliphatic carbocycles. The number of unbranched alkanes of at least 4 members (excludes halogenated alkanes) is 14. The summed E-state index contributed by atoms with van der Waals surface area (Å²) in [5.74, 6) is -0.349. The molecule has 1 saturated heterocycles. The van der Waals surface area contributed by atoms with Crippen LogP contribution >= 0.6 is 0 Å². The van der Waals surface area contributed by atoms with E-state index in [1.54, 1.807) is 0 Å². The molecule has 9 nitrogen and oxygen atoms in total. The third-order valence-corrected chi connectivity index (χ3v) is 11.2. The predicted molar refractivity (Wildman–Crippen MR) is 274 cm³/mol. The predicted octanol–water partition coefficient (Wildman–Crippen LogP) is 12.9. The maximum atomic E-state index is 12.8. The summed E-state index contributed by atoms with van der Waals surface area (Å²) in [5, 5.41) is 40.3. The van der Waals surface area contributed by atoms with Crippen LogP contribution in [0.5, 0.6) is 0 Å². The largest absolute Gasteiger partial charge is 0.457 e. The molecule has 376 valence electrons. The Hall–Kier alpha value is -3.15. The average molecular weight is 923 g/mol. The van der Waals surface area contributed by atoms with Crippen molar-refractivity contribution in [3.63, 3.8) is 0 Å². The molecule has 0 saturated carbocycles. The summed E-state index contributed by atoms with van der Waals surface area (Å²) in [6, 6.07) is 0. The van der Waals surface area contributed by atoms with Crippen LogP contribution in [0.3, 0.4) is 0 Å². The molecule has 1 aliphatic rings. The molecular formula is C57H94O9. The number of hydrogen-bond donors (Lipinski definition) is 4. The Kier molecular flexibility index (Phi) is 43.3. The Morgan fingerprint density at radius 1 is 0.485 bits per heavy atom. The van der Waals surface area contributed by atoms with Gasteiger partial charge in [-0.2, -0.15) is 0 Å². The molecule has 0 amide bonds. The van der Waals surface area contributed by atoms with Crippen molar-refractivity contribution in [3.05, 3.63) is 109 Å². The molecule has 1 rings (SSSR count). The molecule has 0 aromatic rings. The van der Waals surface area contributed by atoms with E-state index < -0.39 is 43.4 Å². The zero-order valence-electron chi connectivity index (χ0n) is 41.4. The number of rotatable bonds is 43. The van der Waals surface area contributed by atoms with E-state index in [4.69, 9.17) is 18.9 Å². The van der Waals surface area contributed by atoms with Gasteiger partial charge in [-0.1, -0.05) is 187 Å². The van der Waals surface area contributed by atoms with Gasteiger partial charge in [0, 0.05) is 13.0 Å². The molecule has 1 heterocycles. The fraction of sp³-hybridized carbons (Fsp3) is 0.667. The average Bonchev–Trinajstić information content (AvgIpc) is 3.32. The van der Waals surface area contributed by atoms with Crippen LogP contribution in [0.15, 0.2) is 109 Å². The van der Waals surface area contributed by atoms with Gasteiger partial charge in [0.2, 0.25) is 0 Å². The summed E-state index contributed by atoms with van der Waals surface area (Å²) in [7, 11) is 0. The monoisotopic (exact) mass is 923 g/mol. The van der Waals surface area contributed by atoms with Gasteiger partial charge in [-0.25, -0.2) is 0 Å². The SMILES string of the molecule is CC/C=C\C/C=C\C/C=C\C/C=C\C/C=C\CCCCCC(=O)OC(COCCCCCCCCCCCCC/C=C\C/C=C\C/C=C\C/C=C\CC)COC1OC(CO)C(O)C(O)C1O. The van der Waals surface area contributed by atoms with Gasteiger partial charge in [-0.15, -0.1) is 0 Å². The Balaban J connectivity index is 2.23.